The highest BCUT2D eigenvalue weighted by molar-refractivity contribution is 7.98. The Morgan fingerprint density at radius 2 is 1.78 bits per heavy atom. The third kappa shape index (κ3) is 5.49. The first-order chi connectivity index (χ1) is 15.5. The zero-order valence-electron chi connectivity index (χ0n) is 19.3. The molecule has 7 heteroatoms. The topological polar surface area (TPSA) is 68.4 Å². The Hall–Kier alpha value is -1.99. The first-order valence-electron chi connectivity index (χ1n) is 11.9. The van der Waals surface area contributed by atoms with Crippen molar-refractivity contribution in [3.8, 4) is 0 Å². The van der Waals surface area contributed by atoms with Gasteiger partial charge in [-0.25, -0.2) is 0 Å². The van der Waals surface area contributed by atoms with Crippen molar-refractivity contribution >= 4 is 34.5 Å². The molecule has 32 heavy (non-hydrogen) atoms. The van der Waals surface area contributed by atoms with Crippen LogP contribution in [0.5, 0.6) is 0 Å². The van der Waals surface area contributed by atoms with E-state index in [1.165, 1.54) is 25.9 Å². The van der Waals surface area contributed by atoms with E-state index in [-0.39, 0.29) is 11.8 Å². The first kappa shape index (κ1) is 23.2. The van der Waals surface area contributed by atoms with Crippen LogP contribution in [-0.2, 0) is 4.79 Å². The third-order valence-electron chi connectivity index (χ3n) is 7.31. The molecule has 174 valence electrons. The van der Waals surface area contributed by atoms with Crippen LogP contribution in [0.25, 0.3) is 10.9 Å². The molecule has 0 bridgehead atoms. The molecule has 2 N–H and O–H groups in total. The number of amides is 2. The van der Waals surface area contributed by atoms with Crippen LogP contribution in [0.3, 0.4) is 0 Å². The molecule has 2 aliphatic heterocycles. The second kappa shape index (κ2) is 10.8. The lowest BCUT2D eigenvalue weighted by atomic mass is 9.79. The number of hydrogen-bond donors (Lipinski definition) is 2. The van der Waals surface area contributed by atoms with Gasteiger partial charge in [0, 0.05) is 30.4 Å². The second-order valence-electron chi connectivity index (χ2n) is 9.39. The van der Waals surface area contributed by atoms with Gasteiger partial charge in [0.1, 0.15) is 6.04 Å². The van der Waals surface area contributed by atoms with E-state index in [2.05, 4.69) is 22.2 Å². The molecule has 2 aromatic rings. The number of thioether (sulfide) groups is 1. The number of likely N-dealkylation sites (tertiary alicyclic amines) is 2. The number of H-pyrrole nitrogens is 1. The van der Waals surface area contributed by atoms with Crippen molar-refractivity contribution in [2.75, 3.05) is 45.2 Å². The summed E-state index contributed by atoms with van der Waals surface area (Å²) in [6.07, 6.45) is 9.31. The Bertz CT molecular complexity index is 914. The summed E-state index contributed by atoms with van der Waals surface area (Å²) in [6, 6.07) is 7.14. The molecule has 1 aromatic carbocycles. The quantitative estimate of drug-likeness (QED) is 0.668. The van der Waals surface area contributed by atoms with Gasteiger partial charge in [0.15, 0.2) is 0 Å². The molecule has 0 spiro atoms. The minimum Gasteiger partial charge on any atom is -0.361 e. The van der Waals surface area contributed by atoms with Crippen molar-refractivity contribution in [2.45, 2.75) is 38.1 Å². The first-order valence-corrected chi connectivity index (χ1v) is 13.3. The molecule has 2 saturated heterocycles. The molecule has 4 rings (SSSR count). The van der Waals surface area contributed by atoms with Gasteiger partial charge in [-0.3, -0.25) is 9.59 Å². The number of nitrogens with one attached hydrogen (secondary N) is 2. The molecule has 0 unspecified atom stereocenters. The van der Waals surface area contributed by atoms with Crippen molar-refractivity contribution in [1.82, 2.24) is 20.1 Å². The highest BCUT2D eigenvalue weighted by atomic mass is 32.2. The molecule has 1 aromatic heterocycles. The number of carbonyl (C=O) groups excluding carboxylic acids is 2. The fourth-order valence-electron chi connectivity index (χ4n) is 5.24. The summed E-state index contributed by atoms with van der Waals surface area (Å²) < 4.78 is 0. The molecule has 0 radical (unpaired) electrons. The van der Waals surface area contributed by atoms with Crippen LogP contribution in [0.15, 0.2) is 30.5 Å². The molecule has 0 aliphatic carbocycles. The number of piperidine rings is 2. The zero-order chi connectivity index (χ0) is 22.5. The molecule has 2 aliphatic rings. The molecular formula is C25H36N4O2S. The van der Waals surface area contributed by atoms with E-state index in [9.17, 15) is 9.59 Å². The van der Waals surface area contributed by atoms with Crippen molar-refractivity contribution in [3.05, 3.63) is 36.0 Å². The summed E-state index contributed by atoms with van der Waals surface area (Å²) in [6.45, 7) is 4.02. The maximum absolute atomic E-state index is 13.4. The molecule has 0 saturated carbocycles. The third-order valence-corrected chi connectivity index (χ3v) is 7.96. The number of rotatable bonds is 7. The average molecular weight is 457 g/mol. The maximum Gasteiger partial charge on any atom is 0.252 e. The maximum atomic E-state index is 13.4. The van der Waals surface area contributed by atoms with Crippen LogP contribution in [0.4, 0.5) is 0 Å². The fourth-order valence-corrected chi connectivity index (χ4v) is 5.71. The van der Waals surface area contributed by atoms with E-state index in [1.807, 2.05) is 41.6 Å². The van der Waals surface area contributed by atoms with E-state index in [4.69, 9.17) is 0 Å². The number of benzene rings is 1. The van der Waals surface area contributed by atoms with Crippen LogP contribution in [0, 0.1) is 11.8 Å². The summed E-state index contributed by atoms with van der Waals surface area (Å²) in [7, 11) is 2.21. The number of hydrogen-bond acceptors (Lipinski definition) is 4. The monoisotopic (exact) mass is 456 g/mol. The lowest BCUT2D eigenvalue weighted by Gasteiger charge is -2.40. The number of fused-ring (bicyclic) bond motifs is 1. The Balaban J connectivity index is 1.35. The van der Waals surface area contributed by atoms with Crippen molar-refractivity contribution in [1.29, 1.82) is 0 Å². The van der Waals surface area contributed by atoms with Gasteiger partial charge in [0.2, 0.25) is 5.91 Å². The van der Waals surface area contributed by atoms with Gasteiger partial charge < -0.3 is 20.1 Å². The zero-order valence-corrected chi connectivity index (χ0v) is 20.1. The lowest BCUT2D eigenvalue weighted by Crippen LogP contribution is -2.51. The standard InChI is InChI=1S/C25H36N4O2S/c1-28-12-6-18(7-13-28)19-8-14-29(15-9-19)25(31)22(10-16-32-2)27-24(30)21-4-3-20-5-11-26-23(20)17-21/h3-5,11,17-19,22,26H,6-10,12-16H2,1-2H3,(H,27,30)/t22-/m1/s1. The van der Waals surface area contributed by atoms with Crippen LogP contribution < -0.4 is 5.32 Å². The average Bonchev–Trinajstić information content (AvgIpc) is 3.30. The lowest BCUT2D eigenvalue weighted by molar-refractivity contribution is -0.135. The normalized spacial score (nSPS) is 19.9. The highest BCUT2D eigenvalue weighted by Crippen LogP contribution is 2.32. The van der Waals surface area contributed by atoms with Crippen LogP contribution in [0.2, 0.25) is 0 Å². The summed E-state index contributed by atoms with van der Waals surface area (Å²) in [5.74, 6) is 2.29. The number of carbonyl (C=O) groups is 2. The highest BCUT2D eigenvalue weighted by Gasteiger charge is 2.33. The van der Waals surface area contributed by atoms with Crippen molar-refractivity contribution < 1.29 is 9.59 Å². The number of aromatic nitrogens is 1. The van der Waals surface area contributed by atoms with E-state index < -0.39 is 6.04 Å². The van der Waals surface area contributed by atoms with Crippen LogP contribution in [-0.4, -0.2) is 77.9 Å². The minimum absolute atomic E-state index is 0.0789. The van der Waals surface area contributed by atoms with Gasteiger partial charge in [-0.15, -0.1) is 0 Å². The van der Waals surface area contributed by atoms with Crippen LogP contribution in [0.1, 0.15) is 42.5 Å². The molecule has 1 atom stereocenters. The van der Waals surface area contributed by atoms with Gasteiger partial charge in [-0.05, 0) is 99.7 Å². The predicted molar refractivity (Wildman–Crippen MR) is 132 cm³/mol. The summed E-state index contributed by atoms with van der Waals surface area (Å²) in [4.78, 5) is 33.9. The van der Waals surface area contributed by atoms with E-state index in [0.717, 1.165) is 54.4 Å². The smallest absolute Gasteiger partial charge is 0.252 e. The molecule has 6 nitrogen and oxygen atoms in total. The summed E-state index contributed by atoms with van der Waals surface area (Å²) in [5.41, 5.74) is 1.52. The van der Waals surface area contributed by atoms with Gasteiger partial charge in [0.25, 0.3) is 5.91 Å². The van der Waals surface area contributed by atoms with Gasteiger partial charge in [-0.1, -0.05) is 6.07 Å². The molecule has 2 amide bonds. The predicted octanol–water partition coefficient (Wildman–Crippen LogP) is 3.60. The van der Waals surface area contributed by atoms with E-state index >= 15 is 0 Å². The van der Waals surface area contributed by atoms with E-state index in [0.29, 0.717) is 12.0 Å². The van der Waals surface area contributed by atoms with Gasteiger partial charge in [-0.2, -0.15) is 11.8 Å². The molecular weight excluding hydrogens is 420 g/mol. The molecule has 3 heterocycles. The SMILES string of the molecule is CSCC[C@@H](NC(=O)c1ccc2cc[nH]c2c1)C(=O)N1CCC(C2CCN(C)CC2)CC1. The Kier molecular flexibility index (Phi) is 7.79. The molecule has 2 fully saturated rings. The Morgan fingerprint density at radius 1 is 1.09 bits per heavy atom. The second-order valence-corrected chi connectivity index (χ2v) is 10.4. The van der Waals surface area contributed by atoms with Crippen LogP contribution >= 0.6 is 11.8 Å². The van der Waals surface area contributed by atoms with Gasteiger partial charge >= 0.3 is 0 Å². The number of nitrogens with zero attached hydrogens (tertiary/aromatic N) is 2. The Morgan fingerprint density at radius 3 is 2.47 bits per heavy atom. The van der Waals surface area contributed by atoms with E-state index in [1.54, 1.807) is 11.8 Å². The van der Waals surface area contributed by atoms with Gasteiger partial charge in [0.05, 0.1) is 0 Å². The number of aromatic amines is 1. The largest absolute Gasteiger partial charge is 0.361 e. The summed E-state index contributed by atoms with van der Waals surface area (Å²) >= 11 is 1.71. The fraction of sp³-hybridized carbons (Fsp3) is 0.600. The Labute approximate surface area is 195 Å². The van der Waals surface area contributed by atoms with Crippen molar-refractivity contribution in [3.63, 3.8) is 0 Å². The van der Waals surface area contributed by atoms with Crippen molar-refractivity contribution in [2.24, 2.45) is 11.8 Å². The summed E-state index contributed by atoms with van der Waals surface area (Å²) in [5, 5.41) is 4.11. The minimum atomic E-state index is -0.464.